The van der Waals surface area contributed by atoms with Gasteiger partial charge in [0.15, 0.2) is 5.69 Å². The second-order valence-electron chi connectivity index (χ2n) is 10.4. The van der Waals surface area contributed by atoms with Gasteiger partial charge < -0.3 is 24.6 Å². The number of thiazole rings is 1. The fraction of sp³-hybridized carbons (Fsp3) is 0.387. The normalized spacial score (nSPS) is 15.2. The van der Waals surface area contributed by atoms with E-state index in [-0.39, 0.29) is 36.6 Å². The summed E-state index contributed by atoms with van der Waals surface area (Å²) in [5.74, 6) is -1.14. The summed E-state index contributed by atoms with van der Waals surface area (Å²) in [6, 6.07) is 17.7. The Labute approximate surface area is 249 Å². The van der Waals surface area contributed by atoms with E-state index in [2.05, 4.69) is 10.3 Å². The zero-order valence-corrected chi connectivity index (χ0v) is 24.8. The second-order valence-corrected chi connectivity index (χ2v) is 11.3. The third-order valence-electron chi connectivity index (χ3n) is 7.07. The molecule has 0 aliphatic carbocycles. The third kappa shape index (κ3) is 7.73. The van der Waals surface area contributed by atoms with Crippen molar-refractivity contribution in [2.24, 2.45) is 5.92 Å². The van der Waals surface area contributed by atoms with E-state index in [0.29, 0.717) is 30.9 Å². The standard InChI is InChI=1S/C31H36N4O6S/c1-21(2)27(28-33-24(20-42-28)30(38)40-3)35(18-22-11-6-4-7-12-22)29(37)25-15-10-16-34(25)26(36)17-32-31(39)41-19-23-13-8-5-9-14-23/h4-9,11-14,20-21,25,27H,10,15-19H2,1-3H3,(H,32,39). The van der Waals surface area contributed by atoms with Crippen molar-refractivity contribution in [1.82, 2.24) is 20.1 Å². The molecular formula is C31H36N4O6S. The monoisotopic (exact) mass is 592 g/mol. The first-order valence-electron chi connectivity index (χ1n) is 13.9. The fourth-order valence-corrected chi connectivity index (χ4v) is 6.10. The summed E-state index contributed by atoms with van der Waals surface area (Å²) in [5, 5.41) is 4.77. The van der Waals surface area contributed by atoms with Crippen LogP contribution >= 0.6 is 11.3 Å². The summed E-state index contributed by atoms with van der Waals surface area (Å²) in [4.78, 5) is 59.7. The number of nitrogens with one attached hydrogen (secondary N) is 1. The van der Waals surface area contributed by atoms with Gasteiger partial charge in [-0.3, -0.25) is 9.59 Å². The molecule has 1 aliphatic heterocycles. The van der Waals surface area contributed by atoms with E-state index in [9.17, 15) is 19.2 Å². The molecule has 1 aromatic heterocycles. The van der Waals surface area contributed by atoms with Crippen LogP contribution < -0.4 is 5.32 Å². The molecule has 1 saturated heterocycles. The number of carbonyl (C=O) groups is 4. The Morgan fingerprint density at radius 3 is 2.36 bits per heavy atom. The molecule has 11 heteroatoms. The molecule has 1 fully saturated rings. The number of ether oxygens (including phenoxy) is 2. The number of rotatable bonds is 11. The van der Waals surface area contributed by atoms with Crippen LogP contribution in [-0.2, 0) is 32.2 Å². The summed E-state index contributed by atoms with van der Waals surface area (Å²) in [6.07, 6.45) is 0.463. The molecule has 2 atom stereocenters. The fourth-order valence-electron chi connectivity index (χ4n) is 5.03. The number of likely N-dealkylation sites (tertiary alicyclic amines) is 1. The molecule has 0 saturated carbocycles. The molecule has 2 heterocycles. The molecule has 2 unspecified atom stereocenters. The Morgan fingerprint density at radius 1 is 1.05 bits per heavy atom. The van der Waals surface area contributed by atoms with Crippen LogP contribution in [0.5, 0.6) is 0 Å². The lowest BCUT2D eigenvalue weighted by atomic mass is 10.00. The van der Waals surface area contributed by atoms with Gasteiger partial charge in [-0.25, -0.2) is 14.6 Å². The molecule has 2 aromatic carbocycles. The Hall–Kier alpha value is -4.25. The minimum absolute atomic E-state index is 0.0408. The molecule has 4 rings (SSSR count). The summed E-state index contributed by atoms with van der Waals surface area (Å²) in [5.41, 5.74) is 1.96. The first-order chi connectivity index (χ1) is 20.3. The highest BCUT2D eigenvalue weighted by atomic mass is 32.1. The van der Waals surface area contributed by atoms with E-state index < -0.39 is 24.1 Å². The van der Waals surface area contributed by atoms with Gasteiger partial charge in [0.05, 0.1) is 13.2 Å². The van der Waals surface area contributed by atoms with Crippen LogP contribution in [0.15, 0.2) is 66.0 Å². The molecule has 1 N–H and O–H groups in total. The molecule has 222 valence electrons. The first-order valence-corrected chi connectivity index (χ1v) is 14.8. The Kier molecular flexibility index (Phi) is 10.7. The molecular weight excluding hydrogens is 556 g/mol. The lowest BCUT2D eigenvalue weighted by Gasteiger charge is -2.37. The van der Waals surface area contributed by atoms with Crippen LogP contribution in [0.1, 0.15) is 59.4 Å². The highest BCUT2D eigenvalue weighted by Crippen LogP contribution is 2.34. The minimum Gasteiger partial charge on any atom is -0.464 e. The lowest BCUT2D eigenvalue weighted by Crippen LogP contribution is -2.51. The van der Waals surface area contributed by atoms with Gasteiger partial charge in [-0.1, -0.05) is 74.5 Å². The molecule has 0 radical (unpaired) electrons. The number of methoxy groups -OCH3 is 1. The van der Waals surface area contributed by atoms with E-state index in [1.807, 2.05) is 74.5 Å². The van der Waals surface area contributed by atoms with E-state index in [1.54, 1.807) is 10.3 Å². The molecule has 3 amide bonds. The predicted octanol–water partition coefficient (Wildman–Crippen LogP) is 4.57. The number of hydrogen-bond donors (Lipinski definition) is 1. The summed E-state index contributed by atoms with van der Waals surface area (Å²) < 4.78 is 10.1. The maximum atomic E-state index is 14.3. The van der Waals surface area contributed by atoms with Crippen molar-refractivity contribution in [1.29, 1.82) is 0 Å². The van der Waals surface area contributed by atoms with Crippen LogP contribution in [0, 0.1) is 5.92 Å². The minimum atomic E-state index is -0.704. The maximum Gasteiger partial charge on any atom is 0.407 e. The number of amides is 3. The van der Waals surface area contributed by atoms with E-state index in [0.717, 1.165) is 11.1 Å². The van der Waals surface area contributed by atoms with E-state index >= 15 is 0 Å². The van der Waals surface area contributed by atoms with Crippen molar-refractivity contribution in [3.8, 4) is 0 Å². The zero-order chi connectivity index (χ0) is 30.1. The number of aromatic nitrogens is 1. The average Bonchev–Trinajstić information content (AvgIpc) is 3.69. The van der Waals surface area contributed by atoms with Gasteiger partial charge >= 0.3 is 12.1 Å². The number of hydrogen-bond acceptors (Lipinski definition) is 8. The van der Waals surface area contributed by atoms with Crippen LogP contribution in [0.4, 0.5) is 4.79 Å². The van der Waals surface area contributed by atoms with Gasteiger partial charge in [0.2, 0.25) is 11.8 Å². The SMILES string of the molecule is COC(=O)c1csc(C(C(C)C)N(Cc2ccccc2)C(=O)C2CCCN2C(=O)CNC(=O)OCc2ccccc2)n1. The van der Waals surface area contributed by atoms with Crippen LogP contribution in [0.3, 0.4) is 0 Å². The zero-order valence-electron chi connectivity index (χ0n) is 24.0. The van der Waals surface area contributed by atoms with Gasteiger partial charge in [0, 0.05) is 18.5 Å². The van der Waals surface area contributed by atoms with Gasteiger partial charge in [-0.2, -0.15) is 0 Å². The predicted molar refractivity (Wildman–Crippen MR) is 157 cm³/mol. The maximum absolute atomic E-state index is 14.3. The van der Waals surface area contributed by atoms with E-state index in [1.165, 1.54) is 23.3 Å². The molecule has 0 bridgehead atoms. The molecule has 42 heavy (non-hydrogen) atoms. The second kappa shape index (κ2) is 14.6. The van der Waals surface area contributed by atoms with Crippen molar-refractivity contribution in [3.05, 3.63) is 87.9 Å². The quantitative estimate of drug-likeness (QED) is 0.324. The van der Waals surface area contributed by atoms with Gasteiger partial charge in [0.25, 0.3) is 0 Å². The van der Waals surface area contributed by atoms with Crippen molar-refractivity contribution in [2.75, 3.05) is 20.2 Å². The van der Waals surface area contributed by atoms with Crippen LogP contribution in [0.25, 0.3) is 0 Å². The Balaban J connectivity index is 1.50. The summed E-state index contributed by atoms with van der Waals surface area (Å²) in [7, 11) is 1.30. The number of nitrogens with zero attached hydrogens (tertiary/aromatic N) is 3. The Morgan fingerprint density at radius 2 is 1.71 bits per heavy atom. The molecule has 3 aromatic rings. The topological polar surface area (TPSA) is 118 Å². The van der Waals surface area contributed by atoms with Crippen LogP contribution in [0.2, 0.25) is 0 Å². The molecule has 0 spiro atoms. The smallest absolute Gasteiger partial charge is 0.407 e. The number of alkyl carbamates (subject to hydrolysis) is 1. The largest absolute Gasteiger partial charge is 0.464 e. The highest BCUT2D eigenvalue weighted by Gasteiger charge is 2.40. The third-order valence-corrected chi connectivity index (χ3v) is 7.99. The highest BCUT2D eigenvalue weighted by molar-refractivity contribution is 7.09. The Bertz CT molecular complexity index is 1360. The number of esters is 1. The van der Waals surface area contributed by atoms with Crippen molar-refractivity contribution >= 4 is 35.2 Å². The number of benzene rings is 2. The summed E-state index contributed by atoms with van der Waals surface area (Å²) >= 11 is 1.30. The van der Waals surface area contributed by atoms with Crippen molar-refractivity contribution in [3.63, 3.8) is 0 Å². The lowest BCUT2D eigenvalue weighted by molar-refractivity contribution is -0.146. The first kappa shape index (κ1) is 30.7. The molecule has 1 aliphatic rings. The average molecular weight is 593 g/mol. The summed E-state index contributed by atoms with van der Waals surface area (Å²) in [6.45, 7) is 4.52. The van der Waals surface area contributed by atoms with Gasteiger partial charge in [0.1, 0.15) is 24.2 Å². The van der Waals surface area contributed by atoms with Crippen molar-refractivity contribution < 1.29 is 28.7 Å². The van der Waals surface area contributed by atoms with E-state index in [4.69, 9.17) is 9.47 Å². The van der Waals surface area contributed by atoms with Crippen molar-refractivity contribution in [2.45, 2.75) is 51.9 Å². The van der Waals surface area contributed by atoms with Gasteiger partial charge in [-0.05, 0) is 29.9 Å². The molecule has 10 nitrogen and oxygen atoms in total. The number of carbonyl (C=O) groups excluding carboxylic acids is 4. The van der Waals surface area contributed by atoms with Crippen LogP contribution in [-0.4, -0.2) is 64.9 Å². The van der Waals surface area contributed by atoms with Gasteiger partial charge in [-0.15, -0.1) is 11.3 Å².